The Morgan fingerprint density at radius 2 is 2.15 bits per heavy atom. The molecule has 2 aromatic heterocycles. The van der Waals surface area contributed by atoms with Crippen molar-refractivity contribution in [1.29, 1.82) is 0 Å². The molecule has 33 heavy (non-hydrogen) atoms. The SMILES string of the molecule is C/C=C(\C=NC)CNc1cnc2n(c1=O)C(C(=O)NC/C(=C/c1cnccc1C)CC)CC2. The van der Waals surface area contributed by atoms with Gasteiger partial charge in [0.05, 0.1) is 6.20 Å². The van der Waals surface area contributed by atoms with E-state index in [-0.39, 0.29) is 11.5 Å². The molecule has 0 bridgehead atoms. The molecule has 2 aromatic rings. The van der Waals surface area contributed by atoms with Crippen LogP contribution in [0.5, 0.6) is 0 Å². The Morgan fingerprint density at radius 1 is 1.33 bits per heavy atom. The maximum atomic E-state index is 13.1. The first-order valence-corrected chi connectivity index (χ1v) is 11.3. The number of aromatic nitrogens is 3. The Hall–Kier alpha value is -3.55. The van der Waals surface area contributed by atoms with Crippen LogP contribution < -0.4 is 16.2 Å². The average molecular weight is 449 g/mol. The minimum absolute atomic E-state index is 0.163. The standard InChI is InChI=1S/C25H32N6O2/c1-5-18(11-20-15-27-10-9-17(20)3)13-30-24(32)22-7-8-23-29-16-21(25(33)31(22)23)28-14-19(6-2)12-26-4/h6,9-12,15-16,22,28H,5,7-8,13-14H2,1-4H3,(H,30,32)/b18-11+,19-6+,26-12?. The summed E-state index contributed by atoms with van der Waals surface area (Å²) in [4.78, 5) is 38.8. The molecule has 1 atom stereocenters. The van der Waals surface area contributed by atoms with E-state index in [1.165, 1.54) is 4.57 Å². The third kappa shape index (κ3) is 5.83. The van der Waals surface area contributed by atoms with Crippen molar-refractivity contribution in [3.05, 3.63) is 69.2 Å². The lowest BCUT2D eigenvalue weighted by Gasteiger charge is -2.16. The highest BCUT2D eigenvalue weighted by Crippen LogP contribution is 2.23. The molecular formula is C25H32N6O2. The van der Waals surface area contributed by atoms with E-state index in [4.69, 9.17) is 0 Å². The number of aliphatic imine (C=N–C) groups is 1. The molecule has 1 aliphatic heterocycles. The Balaban J connectivity index is 1.72. The minimum atomic E-state index is -0.557. The molecule has 0 radical (unpaired) electrons. The molecular weight excluding hydrogens is 416 g/mol. The van der Waals surface area contributed by atoms with Gasteiger partial charge in [0, 0.05) is 45.2 Å². The maximum Gasteiger partial charge on any atom is 0.277 e. The fourth-order valence-electron chi connectivity index (χ4n) is 3.80. The zero-order valence-corrected chi connectivity index (χ0v) is 19.8. The highest BCUT2D eigenvalue weighted by atomic mass is 16.2. The van der Waals surface area contributed by atoms with Crippen LogP contribution in [-0.4, -0.2) is 46.8 Å². The van der Waals surface area contributed by atoms with E-state index in [0.29, 0.717) is 37.4 Å². The largest absolute Gasteiger partial charge is 0.375 e. The quantitative estimate of drug-likeness (QED) is 0.574. The zero-order chi connectivity index (χ0) is 23.8. The van der Waals surface area contributed by atoms with E-state index in [0.717, 1.165) is 28.7 Å². The number of carbonyl (C=O) groups is 1. The van der Waals surface area contributed by atoms with Crippen molar-refractivity contribution in [2.45, 2.75) is 46.1 Å². The molecule has 0 fully saturated rings. The molecule has 174 valence electrons. The predicted molar refractivity (Wildman–Crippen MR) is 133 cm³/mol. The summed E-state index contributed by atoms with van der Waals surface area (Å²) in [7, 11) is 1.70. The van der Waals surface area contributed by atoms with Crippen molar-refractivity contribution in [3.63, 3.8) is 0 Å². The lowest BCUT2D eigenvalue weighted by Crippen LogP contribution is -2.37. The number of anilines is 1. The number of allylic oxidation sites excluding steroid dienone is 1. The van der Waals surface area contributed by atoms with E-state index in [1.807, 2.05) is 32.2 Å². The summed E-state index contributed by atoms with van der Waals surface area (Å²) in [5.41, 5.74) is 4.38. The van der Waals surface area contributed by atoms with Crippen LogP contribution in [0.1, 0.15) is 49.7 Å². The molecule has 0 spiro atoms. The van der Waals surface area contributed by atoms with Crippen molar-refractivity contribution in [1.82, 2.24) is 19.9 Å². The van der Waals surface area contributed by atoms with Crippen LogP contribution >= 0.6 is 0 Å². The number of nitrogens with one attached hydrogen (secondary N) is 2. The van der Waals surface area contributed by atoms with Gasteiger partial charge in [-0.05, 0) is 49.5 Å². The van der Waals surface area contributed by atoms with E-state index in [9.17, 15) is 9.59 Å². The second-order valence-electron chi connectivity index (χ2n) is 8.03. The lowest BCUT2D eigenvalue weighted by molar-refractivity contribution is -0.124. The molecule has 1 amide bonds. The first-order valence-electron chi connectivity index (χ1n) is 11.3. The van der Waals surface area contributed by atoms with E-state index in [2.05, 4.69) is 38.6 Å². The number of hydrogen-bond donors (Lipinski definition) is 2. The Labute approximate surface area is 194 Å². The van der Waals surface area contributed by atoms with Crippen LogP contribution in [0.4, 0.5) is 5.69 Å². The van der Waals surface area contributed by atoms with E-state index < -0.39 is 6.04 Å². The second kappa shape index (κ2) is 11.4. The fourth-order valence-corrected chi connectivity index (χ4v) is 3.80. The van der Waals surface area contributed by atoms with Crippen LogP contribution in [-0.2, 0) is 11.2 Å². The van der Waals surface area contributed by atoms with Crippen LogP contribution in [0, 0.1) is 6.92 Å². The summed E-state index contributed by atoms with van der Waals surface area (Å²) in [6.45, 7) is 6.90. The normalized spacial score (nSPS) is 16.2. The van der Waals surface area contributed by atoms with E-state index in [1.54, 1.807) is 25.7 Å². The zero-order valence-electron chi connectivity index (χ0n) is 19.8. The number of amides is 1. The second-order valence-corrected chi connectivity index (χ2v) is 8.03. The van der Waals surface area contributed by atoms with Gasteiger partial charge in [0.2, 0.25) is 5.91 Å². The van der Waals surface area contributed by atoms with Crippen molar-refractivity contribution >= 4 is 23.9 Å². The molecule has 8 nitrogen and oxygen atoms in total. The minimum Gasteiger partial charge on any atom is -0.375 e. The summed E-state index contributed by atoms with van der Waals surface area (Å²) >= 11 is 0. The molecule has 8 heteroatoms. The number of carbonyl (C=O) groups excluding carboxylic acids is 1. The van der Waals surface area contributed by atoms with Crippen molar-refractivity contribution in [2.24, 2.45) is 4.99 Å². The van der Waals surface area contributed by atoms with Crippen molar-refractivity contribution in [3.8, 4) is 0 Å². The van der Waals surface area contributed by atoms with Crippen molar-refractivity contribution in [2.75, 3.05) is 25.5 Å². The van der Waals surface area contributed by atoms with E-state index >= 15 is 0 Å². The van der Waals surface area contributed by atoms with Crippen molar-refractivity contribution < 1.29 is 4.79 Å². The maximum absolute atomic E-state index is 13.1. The molecule has 0 aliphatic carbocycles. The number of nitrogens with zero attached hydrogens (tertiary/aromatic N) is 4. The van der Waals surface area contributed by atoms with Gasteiger partial charge in [0.25, 0.3) is 5.56 Å². The summed E-state index contributed by atoms with van der Waals surface area (Å²) in [6, 6.07) is 1.41. The number of fused-ring (bicyclic) bond motifs is 1. The van der Waals surface area contributed by atoms with Gasteiger partial charge in [-0.25, -0.2) is 4.98 Å². The van der Waals surface area contributed by atoms with Gasteiger partial charge in [0.1, 0.15) is 17.6 Å². The third-order valence-corrected chi connectivity index (χ3v) is 5.86. The van der Waals surface area contributed by atoms with Crippen LogP contribution in [0.3, 0.4) is 0 Å². The van der Waals surface area contributed by atoms with Gasteiger partial charge in [-0.3, -0.25) is 24.1 Å². The Bertz CT molecular complexity index is 1150. The first kappa shape index (κ1) is 24.1. The van der Waals surface area contributed by atoms with Gasteiger partial charge in [-0.15, -0.1) is 0 Å². The predicted octanol–water partition coefficient (Wildman–Crippen LogP) is 3.10. The third-order valence-electron chi connectivity index (χ3n) is 5.86. The number of pyridine rings is 1. The highest BCUT2D eigenvalue weighted by Gasteiger charge is 2.31. The monoisotopic (exact) mass is 448 g/mol. The smallest absolute Gasteiger partial charge is 0.277 e. The molecule has 1 unspecified atom stereocenters. The topological polar surface area (TPSA) is 101 Å². The molecule has 0 saturated heterocycles. The summed E-state index contributed by atoms with van der Waals surface area (Å²) in [5, 5.41) is 6.14. The highest BCUT2D eigenvalue weighted by molar-refractivity contribution is 5.81. The molecule has 1 aliphatic rings. The molecule has 2 N–H and O–H groups in total. The van der Waals surface area contributed by atoms with Crippen LogP contribution in [0.2, 0.25) is 0 Å². The lowest BCUT2D eigenvalue weighted by atomic mass is 10.1. The Morgan fingerprint density at radius 3 is 2.85 bits per heavy atom. The number of rotatable bonds is 9. The molecule has 0 saturated carbocycles. The average Bonchev–Trinajstić information content (AvgIpc) is 3.26. The van der Waals surface area contributed by atoms with Gasteiger partial charge in [-0.1, -0.05) is 24.6 Å². The van der Waals surface area contributed by atoms with Gasteiger partial charge >= 0.3 is 0 Å². The summed E-state index contributed by atoms with van der Waals surface area (Å²) in [6.07, 6.45) is 12.9. The van der Waals surface area contributed by atoms with Gasteiger partial charge < -0.3 is 10.6 Å². The summed E-state index contributed by atoms with van der Waals surface area (Å²) in [5.74, 6) is 0.480. The van der Waals surface area contributed by atoms with Gasteiger partial charge in [0.15, 0.2) is 0 Å². The Kier molecular flexibility index (Phi) is 8.29. The molecule has 3 heterocycles. The van der Waals surface area contributed by atoms with Gasteiger partial charge in [-0.2, -0.15) is 0 Å². The number of aryl methyl sites for hydroxylation is 2. The van der Waals surface area contributed by atoms with Crippen LogP contribution in [0.25, 0.3) is 6.08 Å². The summed E-state index contributed by atoms with van der Waals surface area (Å²) < 4.78 is 1.53. The fraction of sp³-hybridized carbons (Fsp3) is 0.400. The molecule has 0 aromatic carbocycles. The number of hydrogen-bond acceptors (Lipinski definition) is 6. The molecule has 3 rings (SSSR count). The first-order chi connectivity index (χ1) is 16.0. The van der Waals surface area contributed by atoms with Crippen LogP contribution in [0.15, 0.2) is 51.7 Å².